The molecule has 0 aliphatic heterocycles. The van der Waals surface area contributed by atoms with Crippen LogP contribution in [0.1, 0.15) is 72.6 Å². The summed E-state index contributed by atoms with van der Waals surface area (Å²) in [6.45, 7) is 11.7. The van der Waals surface area contributed by atoms with Crippen LogP contribution in [0.3, 0.4) is 0 Å². The number of carbonyl (C=O) groups excluding carboxylic acids is 1. The molecule has 2 atom stereocenters. The maximum absolute atomic E-state index is 11.6. The molecule has 20 heavy (non-hydrogen) atoms. The van der Waals surface area contributed by atoms with Gasteiger partial charge in [0.2, 0.25) is 0 Å². The van der Waals surface area contributed by atoms with Crippen molar-refractivity contribution in [1.29, 1.82) is 0 Å². The fourth-order valence-electron chi connectivity index (χ4n) is 2.30. The van der Waals surface area contributed by atoms with E-state index in [0.717, 1.165) is 32.1 Å². The van der Waals surface area contributed by atoms with E-state index in [9.17, 15) is 4.79 Å². The number of rotatable bonds is 11. The molecule has 0 heterocycles. The number of allylic oxidation sites excluding steroid dienone is 2. The minimum Gasteiger partial charge on any atom is -0.459 e. The minimum absolute atomic E-state index is 0.00895. The summed E-state index contributed by atoms with van der Waals surface area (Å²) in [6, 6.07) is 0. The maximum atomic E-state index is 11.6. The Kier molecular flexibility index (Phi) is 11.1. The van der Waals surface area contributed by atoms with E-state index < -0.39 is 0 Å². The molecule has 0 aliphatic rings. The van der Waals surface area contributed by atoms with Crippen LogP contribution in [0.15, 0.2) is 24.3 Å². The van der Waals surface area contributed by atoms with Gasteiger partial charge >= 0.3 is 5.97 Å². The Balaban J connectivity index is 4.10. The average molecular weight is 280 g/mol. The van der Waals surface area contributed by atoms with E-state index >= 15 is 0 Å². The SMILES string of the molecule is C=C(C)C(=O)OC(C)C(CCC)CCCC/C=C/CC. The average Bonchev–Trinajstić information content (AvgIpc) is 2.41. The Bertz CT molecular complexity index is 305. The van der Waals surface area contributed by atoms with Crippen LogP contribution in [0.4, 0.5) is 0 Å². The van der Waals surface area contributed by atoms with Crippen LogP contribution in [-0.4, -0.2) is 12.1 Å². The topological polar surface area (TPSA) is 26.3 Å². The zero-order valence-corrected chi connectivity index (χ0v) is 13.8. The van der Waals surface area contributed by atoms with Gasteiger partial charge in [0.05, 0.1) is 0 Å². The summed E-state index contributed by atoms with van der Waals surface area (Å²) in [5, 5.41) is 0. The second-order valence-corrected chi connectivity index (χ2v) is 5.60. The van der Waals surface area contributed by atoms with Crippen molar-refractivity contribution in [3.63, 3.8) is 0 Å². The summed E-state index contributed by atoms with van der Waals surface area (Å²) in [5.74, 6) is 0.211. The molecule has 2 nitrogen and oxygen atoms in total. The molecule has 0 aromatic carbocycles. The number of unbranched alkanes of at least 4 members (excludes halogenated alkanes) is 2. The first-order valence-corrected chi connectivity index (χ1v) is 8.04. The quantitative estimate of drug-likeness (QED) is 0.218. The number of esters is 1. The van der Waals surface area contributed by atoms with Crippen LogP contribution in [0.5, 0.6) is 0 Å². The molecule has 0 amide bonds. The van der Waals surface area contributed by atoms with E-state index in [1.807, 2.05) is 6.92 Å². The molecule has 0 aliphatic carbocycles. The summed E-state index contributed by atoms with van der Waals surface area (Å²) in [4.78, 5) is 11.6. The van der Waals surface area contributed by atoms with Crippen LogP contribution in [-0.2, 0) is 9.53 Å². The summed E-state index contributed by atoms with van der Waals surface area (Å²) in [5.41, 5.74) is 0.483. The van der Waals surface area contributed by atoms with Gasteiger partial charge in [-0.1, -0.05) is 45.4 Å². The lowest BCUT2D eigenvalue weighted by atomic mass is 9.92. The third-order valence-corrected chi connectivity index (χ3v) is 3.56. The van der Waals surface area contributed by atoms with Crippen LogP contribution >= 0.6 is 0 Å². The van der Waals surface area contributed by atoms with Crippen molar-refractivity contribution < 1.29 is 9.53 Å². The third kappa shape index (κ3) is 8.95. The molecule has 0 spiro atoms. The molecule has 0 saturated heterocycles. The fourth-order valence-corrected chi connectivity index (χ4v) is 2.30. The van der Waals surface area contributed by atoms with Crippen molar-refractivity contribution in [3.8, 4) is 0 Å². The molecule has 0 aromatic rings. The molecule has 2 heteroatoms. The highest BCUT2D eigenvalue weighted by atomic mass is 16.5. The van der Waals surface area contributed by atoms with Crippen molar-refractivity contribution in [2.24, 2.45) is 5.92 Å². The number of hydrogen-bond acceptors (Lipinski definition) is 2. The first kappa shape index (κ1) is 18.9. The van der Waals surface area contributed by atoms with E-state index in [1.165, 1.54) is 12.8 Å². The first-order valence-electron chi connectivity index (χ1n) is 8.04. The zero-order valence-electron chi connectivity index (χ0n) is 13.8. The Morgan fingerprint density at radius 2 is 1.90 bits per heavy atom. The number of ether oxygens (including phenoxy) is 1. The summed E-state index contributed by atoms with van der Waals surface area (Å²) in [6.07, 6.45) is 12.6. The summed E-state index contributed by atoms with van der Waals surface area (Å²) in [7, 11) is 0. The van der Waals surface area contributed by atoms with Crippen LogP contribution < -0.4 is 0 Å². The lowest BCUT2D eigenvalue weighted by molar-refractivity contribution is -0.146. The van der Waals surface area contributed by atoms with Crippen molar-refractivity contribution in [3.05, 3.63) is 24.3 Å². The predicted molar refractivity (Wildman–Crippen MR) is 86.7 cm³/mol. The van der Waals surface area contributed by atoms with Gasteiger partial charge in [-0.25, -0.2) is 4.79 Å². The third-order valence-electron chi connectivity index (χ3n) is 3.56. The molecule has 0 bridgehead atoms. The minimum atomic E-state index is -0.260. The van der Waals surface area contributed by atoms with Crippen LogP contribution in [0.25, 0.3) is 0 Å². The van der Waals surface area contributed by atoms with E-state index in [-0.39, 0.29) is 12.1 Å². The molecular weight excluding hydrogens is 248 g/mol. The Labute approximate surface area is 125 Å². The predicted octanol–water partition coefficient (Wildman–Crippen LogP) is 5.44. The molecule has 0 saturated carbocycles. The highest BCUT2D eigenvalue weighted by Crippen LogP contribution is 2.22. The lowest BCUT2D eigenvalue weighted by Crippen LogP contribution is -2.24. The van der Waals surface area contributed by atoms with Gasteiger partial charge in [0.25, 0.3) is 0 Å². The highest BCUT2D eigenvalue weighted by Gasteiger charge is 2.20. The molecule has 0 N–H and O–H groups in total. The maximum Gasteiger partial charge on any atom is 0.333 e. The summed E-state index contributed by atoms with van der Waals surface area (Å²) < 4.78 is 5.47. The van der Waals surface area contributed by atoms with Crippen molar-refractivity contribution >= 4 is 5.97 Å². The highest BCUT2D eigenvalue weighted by molar-refractivity contribution is 5.87. The number of carbonyl (C=O) groups is 1. The molecule has 0 radical (unpaired) electrons. The second-order valence-electron chi connectivity index (χ2n) is 5.60. The van der Waals surface area contributed by atoms with E-state index in [4.69, 9.17) is 4.74 Å². The smallest absolute Gasteiger partial charge is 0.333 e. The van der Waals surface area contributed by atoms with Crippen LogP contribution in [0.2, 0.25) is 0 Å². The lowest BCUT2D eigenvalue weighted by Gasteiger charge is -2.23. The normalized spacial score (nSPS) is 14.2. The molecular formula is C18H32O2. The Morgan fingerprint density at radius 1 is 1.20 bits per heavy atom. The first-order chi connectivity index (χ1) is 9.52. The molecule has 0 fully saturated rings. The largest absolute Gasteiger partial charge is 0.459 e. The zero-order chi connectivity index (χ0) is 15.4. The van der Waals surface area contributed by atoms with E-state index in [2.05, 4.69) is 32.6 Å². The molecule has 0 rings (SSSR count). The van der Waals surface area contributed by atoms with Gasteiger partial charge in [0, 0.05) is 5.57 Å². The Morgan fingerprint density at radius 3 is 2.45 bits per heavy atom. The van der Waals surface area contributed by atoms with Crippen molar-refractivity contribution in [1.82, 2.24) is 0 Å². The van der Waals surface area contributed by atoms with Crippen molar-refractivity contribution in [2.75, 3.05) is 0 Å². The second kappa shape index (κ2) is 11.7. The molecule has 116 valence electrons. The van der Waals surface area contributed by atoms with Gasteiger partial charge in [0.15, 0.2) is 0 Å². The van der Waals surface area contributed by atoms with E-state index in [1.54, 1.807) is 6.92 Å². The standard InChI is InChI=1S/C18H32O2/c1-6-8-9-10-11-12-14-17(13-7-2)16(5)20-18(19)15(3)4/h8-9,16-17H,3,6-7,10-14H2,1-2,4-5H3/b9-8+. The van der Waals surface area contributed by atoms with Gasteiger partial charge in [0.1, 0.15) is 6.10 Å². The van der Waals surface area contributed by atoms with Crippen LogP contribution in [0, 0.1) is 5.92 Å². The van der Waals surface area contributed by atoms with Crippen molar-refractivity contribution in [2.45, 2.75) is 78.7 Å². The van der Waals surface area contributed by atoms with Gasteiger partial charge in [-0.15, -0.1) is 0 Å². The van der Waals surface area contributed by atoms with E-state index in [0.29, 0.717) is 11.5 Å². The Hall–Kier alpha value is -1.05. The van der Waals surface area contributed by atoms with Gasteiger partial charge < -0.3 is 4.74 Å². The fraction of sp³-hybridized carbons (Fsp3) is 0.722. The monoisotopic (exact) mass is 280 g/mol. The molecule has 0 aromatic heterocycles. The number of hydrogen-bond donors (Lipinski definition) is 0. The van der Waals surface area contributed by atoms with Gasteiger partial charge in [-0.05, 0) is 51.9 Å². The summed E-state index contributed by atoms with van der Waals surface area (Å²) >= 11 is 0. The van der Waals surface area contributed by atoms with Gasteiger partial charge in [-0.2, -0.15) is 0 Å². The van der Waals surface area contributed by atoms with Gasteiger partial charge in [-0.3, -0.25) is 0 Å². The molecule has 2 unspecified atom stereocenters.